The Morgan fingerprint density at radius 2 is 1.76 bits per heavy atom. The Kier molecular flexibility index (Phi) is 16.9. The van der Waals surface area contributed by atoms with E-state index in [4.69, 9.17) is 23.7 Å². The first-order valence-electron chi connectivity index (χ1n) is 21.0. The molecule has 2 fully saturated rings. The maximum atomic E-state index is 14.1. The molecule has 2 unspecified atom stereocenters. The summed E-state index contributed by atoms with van der Waals surface area (Å²) in [6, 6.07) is 3.83. The number of amides is 2. The molecule has 4 heterocycles. The SMILES string of the molecule is CCO[C@@H](O[C@@H]1CC(=O)[C@@H](C)C(=O)O[C@H](CC)[C@@]2(C)OC(=O)N(CCCCn3cc(-c4ccccn4)nn3)[C@@H]2[C@@H](C)NC(=O)[C@H](C)C[C@@]1(C)OC)C(O)C(CC)N(C)C. The molecule has 0 aromatic carbocycles. The van der Waals surface area contributed by atoms with E-state index in [-0.39, 0.29) is 44.4 Å². The zero-order chi connectivity index (χ0) is 43.7. The Morgan fingerprint density at radius 1 is 1.05 bits per heavy atom. The molecule has 0 bridgehead atoms. The molecule has 11 atom stereocenters. The molecule has 330 valence electrons. The molecule has 0 saturated carbocycles. The third-order valence-electron chi connectivity index (χ3n) is 12.0. The second kappa shape index (κ2) is 21.0. The summed E-state index contributed by atoms with van der Waals surface area (Å²) in [6.45, 7) is 15.1. The second-order valence-corrected chi connectivity index (χ2v) is 16.5. The van der Waals surface area contributed by atoms with E-state index in [2.05, 4.69) is 20.6 Å². The lowest BCUT2D eigenvalue weighted by molar-refractivity contribution is -0.257. The highest BCUT2D eigenvalue weighted by Gasteiger charge is 2.59. The molecule has 2 N–H and O–H groups in total. The average molecular weight is 830 g/mol. The number of hydrogen-bond donors (Lipinski definition) is 2. The van der Waals surface area contributed by atoms with Crippen LogP contribution in [0.15, 0.2) is 30.6 Å². The molecule has 17 nitrogen and oxygen atoms in total. The van der Waals surface area contributed by atoms with E-state index in [9.17, 15) is 24.3 Å². The van der Waals surface area contributed by atoms with Gasteiger partial charge in [0.05, 0.1) is 35.7 Å². The van der Waals surface area contributed by atoms with Crippen molar-refractivity contribution in [1.29, 1.82) is 0 Å². The van der Waals surface area contributed by atoms with Gasteiger partial charge in [-0.15, -0.1) is 5.10 Å². The normalized spacial score (nSPS) is 30.2. The van der Waals surface area contributed by atoms with Crippen molar-refractivity contribution in [1.82, 2.24) is 35.1 Å². The summed E-state index contributed by atoms with van der Waals surface area (Å²) >= 11 is 0. The predicted octanol–water partition coefficient (Wildman–Crippen LogP) is 4.02. The number of carbonyl (C=O) groups excluding carboxylic acids is 4. The summed E-state index contributed by atoms with van der Waals surface area (Å²) in [5, 5.41) is 23.1. The number of nitrogens with one attached hydrogen (secondary N) is 1. The number of aliphatic hydroxyl groups excluding tert-OH is 1. The molecule has 59 heavy (non-hydrogen) atoms. The number of ketones is 1. The number of aromatic nitrogens is 4. The summed E-state index contributed by atoms with van der Waals surface area (Å²) in [5.41, 5.74) is -1.29. The highest BCUT2D eigenvalue weighted by molar-refractivity contribution is 5.99. The van der Waals surface area contributed by atoms with Crippen LogP contribution in [0, 0.1) is 11.8 Å². The minimum atomic E-state index is -1.39. The fourth-order valence-electron chi connectivity index (χ4n) is 8.46. The monoisotopic (exact) mass is 829 g/mol. The van der Waals surface area contributed by atoms with Gasteiger partial charge in [0, 0.05) is 51.4 Å². The molecule has 2 aliphatic rings. The van der Waals surface area contributed by atoms with Crippen LogP contribution < -0.4 is 5.32 Å². The van der Waals surface area contributed by atoms with Gasteiger partial charge in [-0.25, -0.2) is 4.79 Å². The third-order valence-corrected chi connectivity index (χ3v) is 12.0. The number of esters is 1. The Hall–Kier alpha value is -4.03. The van der Waals surface area contributed by atoms with Gasteiger partial charge in [0.15, 0.2) is 11.9 Å². The first kappa shape index (κ1) is 47.6. The number of aliphatic hydroxyl groups is 1. The van der Waals surface area contributed by atoms with Crippen LogP contribution in [-0.4, -0.2) is 147 Å². The second-order valence-electron chi connectivity index (χ2n) is 16.5. The van der Waals surface area contributed by atoms with Crippen LogP contribution in [0.3, 0.4) is 0 Å². The van der Waals surface area contributed by atoms with Crippen LogP contribution in [0.1, 0.15) is 93.9 Å². The number of unbranched alkanes of at least 4 members (excludes halogenated alkanes) is 1. The standard InChI is InChI=1S/C42H67N7O10/c1-12-31(47(9)10)35(51)39(56-14-3)58-34-23-32(50)27(5)38(53)57-33(13-2)42(8)36(28(6)44-37(52)26(4)24-41(34,7)55-11)49(40(54)59-42)22-18-17-21-48-25-30(45-46-48)29-19-15-16-20-43-29/h15-16,19-20,25-28,31,33-36,39,51H,12-14,17-18,21-24H2,1-11H3,(H,44,52)/t26-,27-,28-,31?,33-,34-,35?,36-,39+,41-,42-/m1/s1. The zero-order valence-corrected chi connectivity index (χ0v) is 36.8. The number of pyridine rings is 1. The molecule has 4 rings (SSSR count). The minimum Gasteiger partial charge on any atom is -0.458 e. The van der Waals surface area contributed by atoms with Crippen molar-refractivity contribution in [3.05, 3.63) is 30.6 Å². The molecule has 2 aromatic rings. The summed E-state index contributed by atoms with van der Waals surface area (Å²) in [7, 11) is 5.17. The topological polar surface area (TPSA) is 197 Å². The van der Waals surface area contributed by atoms with Gasteiger partial charge >= 0.3 is 12.1 Å². The van der Waals surface area contributed by atoms with Gasteiger partial charge in [-0.3, -0.25) is 28.9 Å². The van der Waals surface area contributed by atoms with E-state index >= 15 is 0 Å². The maximum Gasteiger partial charge on any atom is 0.410 e. The Morgan fingerprint density at radius 3 is 2.37 bits per heavy atom. The summed E-state index contributed by atoms with van der Waals surface area (Å²) < 4.78 is 32.5. The van der Waals surface area contributed by atoms with Crippen molar-refractivity contribution in [2.75, 3.05) is 34.4 Å². The maximum absolute atomic E-state index is 14.1. The Balaban J connectivity index is 1.62. The Labute approximate surface area is 348 Å². The summed E-state index contributed by atoms with van der Waals surface area (Å²) in [5.74, 6) is -3.51. The van der Waals surface area contributed by atoms with E-state index in [1.807, 2.05) is 57.2 Å². The number of nitrogens with zero attached hydrogens (tertiary/aromatic N) is 6. The molecule has 0 aliphatic carbocycles. The van der Waals surface area contributed by atoms with Crippen LogP contribution in [0.2, 0.25) is 0 Å². The highest BCUT2D eigenvalue weighted by atomic mass is 16.7. The van der Waals surface area contributed by atoms with Gasteiger partial charge in [-0.05, 0) is 93.0 Å². The van der Waals surface area contributed by atoms with Crippen molar-refractivity contribution in [3.63, 3.8) is 0 Å². The van der Waals surface area contributed by atoms with Gasteiger partial charge in [0.1, 0.15) is 29.6 Å². The zero-order valence-electron chi connectivity index (χ0n) is 36.8. The van der Waals surface area contributed by atoms with Gasteiger partial charge in [-0.1, -0.05) is 32.1 Å². The first-order chi connectivity index (χ1) is 27.9. The van der Waals surface area contributed by atoms with Crippen LogP contribution in [0.4, 0.5) is 4.79 Å². The number of ether oxygens (including phenoxy) is 5. The molecule has 2 saturated heterocycles. The minimum absolute atomic E-state index is 0.0989. The predicted molar refractivity (Wildman–Crippen MR) is 218 cm³/mol. The highest BCUT2D eigenvalue weighted by Crippen LogP contribution is 2.39. The lowest BCUT2D eigenvalue weighted by Gasteiger charge is -2.42. The van der Waals surface area contributed by atoms with E-state index in [1.165, 1.54) is 14.0 Å². The van der Waals surface area contributed by atoms with Crippen molar-refractivity contribution >= 4 is 23.8 Å². The first-order valence-corrected chi connectivity index (χ1v) is 21.0. The van der Waals surface area contributed by atoms with Gasteiger partial charge < -0.3 is 39.0 Å². The molecular weight excluding hydrogens is 763 g/mol. The number of rotatable bonds is 16. The third kappa shape index (κ3) is 11.2. The summed E-state index contributed by atoms with van der Waals surface area (Å²) in [4.78, 5) is 63.7. The van der Waals surface area contributed by atoms with Crippen molar-refractivity contribution in [2.24, 2.45) is 11.8 Å². The lowest BCUT2D eigenvalue weighted by atomic mass is 9.83. The molecule has 2 aliphatic heterocycles. The van der Waals surface area contributed by atoms with Crippen molar-refractivity contribution in [3.8, 4) is 11.4 Å². The van der Waals surface area contributed by atoms with Crippen LogP contribution in [0.25, 0.3) is 11.4 Å². The smallest absolute Gasteiger partial charge is 0.410 e. The molecule has 0 radical (unpaired) electrons. The number of carbonyl (C=O) groups is 4. The van der Waals surface area contributed by atoms with Gasteiger partial charge in [0.25, 0.3) is 0 Å². The number of Topliss-reactive ketones (excluding diaryl/α,β-unsaturated/α-hetero) is 1. The summed E-state index contributed by atoms with van der Waals surface area (Å²) in [6.07, 6.45) is 0.516. The van der Waals surface area contributed by atoms with E-state index < -0.39 is 77.6 Å². The number of hydrogen-bond acceptors (Lipinski definition) is 14. The number of fused-ring (bicyclic) bond motifs is 1. The fraction of sp³-hybridized carbons (Fsp3) is 0.738. The van der Waals surface area contributed by atoms with Crippen LogP contribution >= 0.6 is 0 Å². The fourth-order valence-corrected chi connectivity index (χ4v) is 8.46. The van der Waals surface area contributed by atoms with Crippen molar-refractivity contribution < 1.29 is 48.0 Å². The van der Waals surface area contributed by atoms with Gasteiger partial charge in [-0.2, -0.15) is 0 Å². The van der Waals surface area contributed by atoms with Crippen LogP contribution in [0.5, 0.6) is 0 Å². The number of cyclic esters (lactones) is 1. The lowest BCUT2D eigenvalue weighted by Crippen LogP contribution is -2.61. The van der Waals surface area contributed by atoms with E-state index in [1.54, 1.807) is 50.4 Å². The number of aryl methyl sites for hydroxylation is 1. The molecular formula is C42H67N7O10. The quantitative estimate of drug-likeness (QED) is 0.107. The largest absolute Gasteiger partial charge is 0.458 e. The molecule has 2 amide bonds. The molecule has 0 spiro atoms. The van der Waals surface area contributed by atoms with Crippen molar-refractivity contribution in [2.45, 2.75) is 154 Å². The number of likely N-dealkylation sites (N-methyl/N-ethyl adjacent to an activating group) is 1. The van der Waals surface area contributed by atoms with E-state index in [0.717, 1.165) is 0 Å². The molecule has 17 heteroatoms. The average Bonchev–Trinajstić information content (AvgIpc) is 3.78. The number of methoxy groups -OCH3 is 1. The Bertz CT molecular complexity index is 1700. The van der Waals surface area contributed by atoms with Crippen LogP contribution in [-0.2, 0) is 44.6 Å². The van der Waals surface area contributed by atoms with Gasteiger partial charge in [0.2, 0.25) is 5.91 Å². The molecule has 2 aromatic heterocycles. The van der Waals surface area contributed by atoms with E-state index in [0.29, 0.717) is 37.2 Å².